The molecule has 1 fully saturated rings. The molecule has 0 radical (unpaired) electrons. The molecule has 2 aromatic carbocycles. The summed E-state index contributed by atoms with van der Waals surface area (Å²) < 4.78 is 5.51. The first-order valence-corrected chi connectivity index (χ1v) is 11.7. The number of aromatic nitrogens is 1. The van der Waals surface area contributed by atoms with Crippen molar-refractivity contribution >= 4 is 16.9 Å². The van der Waals surface area contributed by atoms with E-state index in [1.54, 1.807) is 12.0 Å². The van der Waals surface area contributed by atoms with Gasteiger partial charge < -0.3 is 19.9 Å². The zero-order valence-electron chi connectivity index (χ0n) is 19.7. The maximum absolute atomic E-state index is 13.4. The molecule has 1 aromatic heterocycles. The molecule has 2 amide bonds. The van der Waals surface area contributed by atoms with Gasteiger partial charge in [0.05, 0.1) is 20.2 Å². The quantitative estimate of drug-likeness (QED) is 0.546. The lowest BCUT2D eigenvalue weighted by Crippen LogP contribution is -2.45. The highest BCUT2D eigenvalue weighted by atomic mass is 16.5. The zero-order valence-corrected chi connectivity index (χ0v) is 19.7. The van der Waals surface area contributed by atoms with E-state index in [2.05, 4.69) is 16.4 Å². The molecule has 1 heterocycles. The highest BCUT2D eigenvalue weighted by molar-refractivity contribution is 5.83. The Morgan fingerprint density at radius 1 is 1.06 bits per heavy atom. The molecule has 3 aromatic rings. The minimum atomic E-state index is -0.164. The summed E-state index contributed by atoms with van der Waals surface area (Å²) in [5.74, 6) is 0.728. The summed E-state index contributed by atoms with van der Waals surface area (Å²) in [7, 11) is 1.63. The van der Waals surface area contributed by atoms with Gasteiger partial charge in [-0.3, -0.25) is 4.79 Å². The molecular weight excluding hydrogens is 414 g/mol. The van der Waals surface area contributed by atoms with Crippen molar-refractivity contribution in [2.75, 3.05) is 7.11 Å². The normalized spacial score (nSPS) is 14.3. The lowest BCUT2D eigenvalue weighted by molar-refractivity contribution is 0.183. The standard InChI is InChI=1S/C27H33N3O3/c1-18-13-19(2)23-15-21(26(31)29-24(23)14-18)17-30(16-20-9-7-8-12-25(20)33-3)27(32)28-22-10-5-4-6-11-22/h7-9,12-15,22H,4-6,10-11,16-17H2,1-3H3,(H,28,32)(H,29,31). The maximum Gasteiger partial charge on any atom is 0.318 e. The van der Waals surface area contributed by atoms with E-state index in [-0.39, 0.29) is 24.2 Å². The molecule has 174 valence electrons. The van der Waals surface area contributed by atoms with Crippen molar-refractivity contribution in [3.63, 3.8) is 0 Å². The number of carbonyl (C=O) groups is 1. The summed E-state index contributed by atoms with van der Waals surface area (Å²) in [4.78, 5) is 31.0. The summed E-state index contributed by atoms with van der Waals surface area (Å²) >= 11 is 0. The van der Waals surface area contributed by atoms with Gasteiger partial charge in [-0.1, -0.05) is 43.5 Å². The maximum atomic E-state index is 13.4. The summed E-state index contributed by atoms with van der Waals surface area (Å²) in [6.45, 7) is 4.63. The SMILES string of the molecule is COc1ccccc1CN(Cc1cc2c(C)cc(C)cc2[nH]c1=O)C(=O)NC1CCCCC1. The van der Waals surface area contributed by atoms with E-state index in [1.807, 2.05) is 50.2 Å². The largest absolute Gasteiger partial charge is 0.496 e. The number of aryl methyl sites for hydroxylation is 2. The number of pyridine rings is 1. The first kappa shape index (κ1) is 22.9. The van der Waals surface area contributed by atoms with Gasteiger partial charge in [0.15, 0.2) is 0 Å². The van der Waals surface area contributed by atoms with Crippen molar-refractivity contribution in [3.05, 3.63) is 75.1 Å². The zero-order chi connectivity index (χ0) is 23.4. The third-order valence-electron chi connectivity index (χ3n) is 6.52. The molecular formula is C27H33N3O3. The van der Waals surface area contributed by atoms with Gasteiger partial charge in [0.1, 0.15) is 5.75 Å². The molecule has 0 unspecified atom stereocenters. The molecule has 6 heteroatoms. The predicted molar refractivity (Wildman–Crippen MR) is 132 cm³/mol. The molecule has 1 aliphatic carbocycles. The number of urea groups is 1. The smallest absolute Gasteiger partial charge is 0.318 e. The van der Waals surface area contributed by atoms with Crippen molar-refractivity contribution in [3.8, 4) is 5.75 Å². The lowest BCUT2D eigenvalue weighted by Gasteiger charge is -2.29. The Balaban J connectivity index is 1.65. The number of methoxy groups -OCH3 is 1. The van der Waals surface area contributed by atoms with Crippen molar-refractivity contribution in [2.24, 2.45) is 0 Å². The van der Waals surface area contributed by atoms with Gasteiger partial charge in [0.25, 0.3) is 5.56 Å². The summed E-state index contributed by atoms with van der Waals surface area (Å²) in [5, 5.41) is 4.21. The Labute approximate surface area is 195 Å². The summed E-state index contributed by atoms with van der Waals surface area (Å²) in [6.07, 6.45) is 5.51. The fraction of sp³-hybridized carbons (Fsp3) is 0.407. The molecule has 4 rings (SSSR count). The van der Waals surface area contributed by atoms with Crippen LogP contribution in [0.5, 0.6) is 5.75 Å². The van der Waals surface area contributed by atoms with Crippen molar-refractivity contribution < 1.29 is 9.53 Å². The highest BCUT2D eigenvalue weighted by Gasteiger charge is 2.22. The monoisotopic (exact) mass is 447 g/mol. The van der Waals surface area contributed by atoms with E-state index < -0.39 is 0 Å². The van der Waals surface area contributed by atoms with Crippen LogP contribution in [0, 0.1) is 13.8 Å². The summed E-state index contributed by atoms with van der Waals surface area (Å²) in [5.41, 5.74) is 4.34. The van der Waals surface area contributed by atoms with Crippen LogP contribution in [-0.4, -0.2) is 29.1 Å². The third-order valence-corrected chi connectivity index (χ3v) is 6.52. The molecule has 6 nitrogen and oxygen atoms in total. The first-order valence-electron chi connectivity index (χ1n) is 11.7. The summed E-state index contributed by atoms with van der Waals surface area (Å²) in [6, 6.07) is 13.7. The van der Waals surface area contributed by atoms with Crippen LogP contribution in [-0.2, 0) is 13.1 Å². The Morgan fingerprint density at radius 2 is 1.79 bits per heavy atom. The van der Waals surface area contributed by atoms with Crippen LogP contribution in [0.4, 0.5) is 4.79 Å². The van der Waals surface area contributed by atoms with Crippen molar-refractivity contribution in [2.45, 2.75) is 65.1 Å². The van der Waals surface area contributed by atoms with Crippen LogP contribution in [0.2, 0.25) is 0 Å². The van der Waals surface area contributed by atoms with E-state index >= 15 is 0 Å². The van der Waals surface area contributed by atoms with Gasteiger partial charge in [0, 0.05) is 28.1 Å². The molecule has 1 aliphatic rings. The van der Waals surface area contributed by atoms with Crippen molar-refractivity contribution in [1.82, 2.24) is 15.2 Å². The fourth-order valence-electron chi connectivity index (χ4n) is 4.79. The molecule has 2 N–H and O–H groups in total. The number of H-pyrrole nitrogens is 1. The van der Waals surface area contributed by atoms with Gasteiger partial charge in [0.2, 0.25) is 0 Å². The Hall–Kier alpha value is -3.28. The topological polar surface area (TPSA) is 74.4 Å². The van der Waals surface area contributed by atoms with Crippen LogP contribution < -0.4 is 15.6 Å². The second kappa shape index (κ2) is 10.1. The number of amides is 2. The van der Waals surface area contributed by atoms with E-state index in [4.69, 9.17) is 4.74 Å². The lowest BCUT2D eigenvalue weighted by atomic mass is 9.96. The molecule has 0 aliphatic heterocycles. The number of para-hydroxylation sites is 1. The average molecular weight is 448 g/mol. The van der Waals surface area contributed by atoms with Crippen LogP contribution in [0.15, 0.2) is 47.3 Å². The second-order valence-corrected chi connectivity index (χ2v) is 9.12. The number of aromatic amines is 1. The van der Waals surface area contributed by atoms with Crippen molar-refractivity contribution in [1.29, 1.82) is 0 Å². The van der Waals surface area contributed by atoms with Crippen LogP contribution in [0.25, 0.3) is 10.9 Å². The fourth-order valence-corrected chi connectivity index (χ4v) is 4.79. The highest BCUT2D eigenvalue weighted by Crippen LogP contribution is 2.23. The number of carbonyl (C=O) groups excluding carboxylic acids is 1. The molecule has 0 spiro atoms. The minimum Gasteiger partial charge on any atom is -0.496 e. The number of hydrogen-bond donors (Lipinski definition) is 2. The molecule has 33 heavy (non-hydrogen) atoms. The average Bonchev–Trinajstić information content (AvgIpc) is 2.80. The Bertz CT molecular complexity index is 1190. The number of nitrogens with zero attached hydrogens (tertiary/aromatic N) is 1. The third kappa shape index (κ3) is 5.38. The van der Waals surface area contributed by atoms with E-state index in [1.165, 1.54) is 6.42 Å². The van der Waals surface area contributed by atoms with E-state index in [0.29, 0.717) is 12.1 Å². The second-order valence-electron chi connectivity index (χ2n) is 9.12. The van der Waals surface area contributed by atoms with Crippen LogP contribution in [0.1, 0.15) is 54.4 Å². The predicted octanol–water partition coefficient (Wildman–Crippen LogP) is 5.20. The molecule has 0 bridgehead atoms. The number of ether oxygens (including phenoxy) is 1. The van der Waals surface area contributed by atoms with Crippen LogP contribution in [0.3, 0.4) is 0 Å². The number of rotatable bonds is 6. The molecule has 1 saturated carbocycles. The molecule has 0 saturated heterocycles. The van der Waals surface area contributed by atoms with Gasteiger partial charge in [-0.2, -0.15) is 0 Å². The van der Waals surface area contributed by atoms with E-state index in [9.17, 15) is 9.59 Å². The van der Waals surface area contributed by atoms with Gasteiger partial charge >= 0.3 is 6.03 Å². The Morgan fingerprint density at radius 3 is 2.55 bits per heavy atom. The number of nitrogens with one attached hydrogen (secondary N) is 2. The number of hydrogen-bond acceptors (Lipinski definition) is 3. The van der Waals surface area contributed by atoms with Gasteiger partial charge in [-0.15, -0.1) is 0 Å². The van der Waals surface area contributed by atoms with Gasteiger partial charge in [-0.25, -0.2) is 4.79 Å². The number of benzene rings is 2. The Kier molecular flexibility index (Phi) is 7.02. The van der Waals surface area contributed by atoms with Gasteiger partial charge in [-0.05, 0) is 56.0 Å². The molecule has 0 atom stereocenters. The number of fused-ring (bicyclic) bond motifs is 1. The minimum absolute atomic E-state index is 0.145. The van der Waals surface area contributed by atoms with E-state index in [0.717, 1.165) is 59.0 Å². The van der Waals surface area contributed by atoms with Crippen LogP contribution >= 0.6 is 0 Å². The first-order chi connectivity index (χ1) is 15.9.